The van der Waals surface area contributed by atoms with Gasteiger partial charge in [-0.3, -0.25) is 4.79 Å². The number of hydrogen-bond acceptors (Lipinski definition) is 3. The number of hydrogen-bond donors (Lipinski definition) is 1. The van der Waals surface area contributed by atoms with E-state index in [1.807, 2.05) is 4.90 Å². The van der Waals surface area contributed by atoms with Gasteiger partial charge in [-0.15, -0.1) is 24.8 Å². The van der Waals surface area contributed by atoms with E-state index >= 15 is 0 Å². The van der Waals surface area contributed by atoms with Crippen molar-refractivity contribution in [2.24, 2.45) is 11.7 Å². The van der Waals surface area contributed by atoms with E-state index in [-0.39, 0.29) is 48.5 Å². The molecule has 2 N–H and O–H groups in total. The van der Waals surface area contributed by atoms with Crippen LogP contribution < -0.4 is 10.6 Å². The largest absolute Gasteiger partial charge is 0.368 e. The predicted molar refractivity (Wildman–Crippen MR) is 95.0 cm³/mol. The van der Waals surface area contributed by atoms with E-state index in [0.29, 0.717) is 0 Å². The monoisotopic (exact) mass is 363 g/mol. The fourth-order valence-corrected chi connectivity index (χ4v) is 3.34. The average molecular weight is 364 g/mol. The number of piperazine rings is 1. The van der Waals surface area contributed by atoms with E-state index in [1.165, 1.54) is 12.1 Å². The molecule has 1 aliphatic carbocycles. The van der Waals surface area contributed by atoms with Crippen molar-refractivity contribution < 1.29 is 9.18 Å². The number of amides is 1. The normalized spacial score (nSPS) is 23.9. The summed E-state index contributed by atoms with van der Waals surface area (Å²) < 4.78 is 12.9. The maximum absolute atomic E-state index is 12.9. The van der Waals surface area contributed by atoms with Gasteiger partial charge in [0.1, 0.15) is 5.82 Å². The standard InChI is InChI=1S/C16H22FN3O.2ClH/c17-13-2-5-15(6-3-13)19-7-9-20(10-8-19)16(21)12-1-4-14(18)11-12;;/h2-3,5-6,12,14H,1,4,7-11,18H2;2*1H. The van der Waals surface area contributed by atoms with Gasteiger partial charge in [-0.25, -0.2) is 4.39 Å². The van der Waals surface area contributed by atoms with Crippen LogP contribution in [-0.2, 0) is 4.79 Å². The van der Waals surface area contributed by atoms with Crippen LogP contribution in [0.3, 0.4) is 0 Å². The van der Waals surface area contributed by atoms with Gasteiger partial charge in [0.25, 0.3) is 0 Å². The van der Waals surface area contributed by atoms with Gasteiger partial charge in [0.05, 0.1) is 0 Å². The summed E-state index contributed by atoms with van der Waals surface area (Å²) >= 11 is 0. The molecule has 3 rings (SSSR count). The molecule has 1 aromatic rings. The average Bonchev–Trinajstić information content (AvgIpc) is 2.94. The van der Waals surface area contributed by atoms with Gasteiger partial charge in [-0.05, 0) is 43.5 Å². The van der Waals surface area contributed by atoms with Gasteiger partial charge in [0.15, 0.2) is 0 Å². The number of halogens is 3. The lowest BCUT2D eigenvalue weighted by atomic mass is 10.1. The lowest BCUT2D eigenvalue weighted by Gasteiger charge is -2.37. The Morgan fingerprint density at radius 1 is 1.04 bits per heavy atom. The third kappa shape index (κ3) is 4.72. The highest BCUT2D eigenvalue weighted by Crippen LogP contribution is 2.27. The first kappa shape index (κ1) is 20.0. The smallest absolute Gasteiger partial charge is 0.225 e. The third-order valence-electron chi connectivity index (χ3n) is 4.61. The zero-order chi connectivity index (χ0) is 14.8. The van der Waals surface area contributed by atoms with Crippen molar-refractivity contribution in [2.75, 3.05) is 31.1 Å². The zero-order valence-corrected chi connectivity index (χ0v) is 14.6. The Morgan fingerprint density at radius 3 is 2.17 bits per heavy atom. The fourth-order valence-electron chi connectivity index (χ4n) is 3.34. The second kappa shape index (κ2) is 8.71. The van der Waals surface area contributed by atoms with Gasteiger partial charge in [-0.2, -0.15) is 0 Å². The van der Waals surface area contributed by atoms with Crippen molar-refractivity contribution in [3.05, 3.63) is 30.1 Å². The Morgan fingerprint density at radius 2 is 1.65 bits per heavy atom. The van der Waals surface area contributed by atoms with Gasteiger partial charge >= 0.3 is 0 Å². The number of carbonyl (C=O) groups excluding carboxylic acids is 1. The zero-order valence-electron chi connectivity index (χ0n) is 13.0. The Kier molecular flexibility index (Phi) is 7.58. The van der Waals surface area contributed by atoms with Crippen LogP contribution in [0.1, 0.15) is 19.3 Å². The first-order valence-electron chi connectivity index (χ1n) is 7.68. The van der Waals surface area contributed by atoms with Gasteiger partial charge in [0, 0.05) is 43.8 Å². The van der Waals surface area contributed by atoms with Crippen LogP contribution in [0.25, 0.3) is 0 Å². The predicted octanol–water partition coefficient (Wildman–Crippen LogP) is 2.45. The van der Waals surface area contributed by atoms with Gasteiger partial charge in [0.2, 0.25) is 5.91 Å². The highest BCUT2D eigenvalue weighted by Gasteiger charge is 2.32. The van der Waals surface area contributed by atoms with E-state index < -0.39 is 0 Å². The fraction of sp³-hybridized carbons (Fsp3) is 0.562. The Hall–Kier alpha value is -1.04. The summed E-state index contributed by atoms with van der Waals surface area (Å²) in [5, 5.41) is 0. The van der Waals surface area contributed by atoms with Gasteiger partial charge < -0.3 is 15.5 Å². The SMILES string of the molecule is Cl.Cl.NC1CCC(C(=O)N2CCN(c3ccc(F)cc3)CC2)C1. The molecule has 0 bridgehead atoms. The summed E-state index contributed by atoms with van der Waals surface area (Å²) in [4.78, 5) is 16.6. The van der Waals surface area contributed by atoms with Crippen molar-refractivity contribution in [3.63, 3.8) is 0 Å². The lowest BCUT2D eigenvalue weighted by molar-refractivity contribution is -0.135. The summed E-state index contributed by atoms with van der Waals surface area (Å²) in [6.07, 6.45) is 2.72. The molecule has 1 amide bonds. The Balaban J connectivity index is 0.00000132. The van der Waals surface area contributed by atoms with Crippen LogP contribution >= 0.6 is 24.8 Å². The number of rotatable bonds is 2. The Labute approximate surface area is 149 Å². The maximum atomic E-state index is 12.9. The molecule has 23 heavy (non-hydrogen) atoms. The molecule has 0 radical (unpaired) electrons. The molecular weight excluding hydrogens is 340 g/mol. The minimum Gasteiger partial charge on any atom is -0.368 e. The highest BCUT2D eigenvalue weighted by molar-refractivity contribution is 5.85. The van der Waals surface area contributed by atoms with Crippen molar-refractivity contribution in [2.45, 2.75) is 25.3 Å². The molecule has 4 nitrogen and oxygen atoms in total. The first-order valence-corrected chi connectivity index (χ1v) is 7.68. The summed E-state index contributed by atoms with van der Waals surface area (Å²) in [5.41, 5.74) is 6.91. The van der Waals surface area contributed by atoms with Crippen LogP contribution in [0.4, 0.5) is 10.1 Å². The summed E-state index contributed by atoms with van der Waals surface area (Å²) in [6.45, 7) is 3.08. The molecule has 2 aliphatic rings. The topological polar surface area (TPSA) is 49.6 Å². The molecule has 7 heteroatoms. The number of benzene rings is 1. The third-order valence-corrected chi connectivity index (χ3v) is 4.61. The second-order valence-corrected chi connectivity index (χ2v) is 6.06. The molecular formula is C16H24Cl2FN3O. The number of nitrogens with two attached hydrogens (primary N) is 1. The molecule has 1 aromatic carbocycles. The molecule has 1 heterocycles. The molecule has 0 aromatic heterocycles. The highest BCUT2D eigenvalue weighted by atomic mass is 35.5. The van der Waals surface area contributed by atoms with E-state index in [0.717, 1.165) is 51.1 Å². The molecule has 2 atom stereocenters. The van der Waals surface area contributed by atoms with E-state index in [9.17, 15) is 9.18 Å². The van der Waals surface area contributed by atoms with Gasteiger partial charge in [-0.1, -0.05) is 0 Å². The summed E-state index contributed by atoms with van der Waals surface area (Å²) in [7, 11) is 0. The summed E-state index contributed by atoms with van der Waals surface area (Å²) in [6, 6.07) is 6.74. The molecule has 2 unspecified atom stereocenters. The molecule has 1 saturated carbocycles. The van der Waals surface area contributed by atoms with Crippen LogP contribution in [0.2, 0.25) is 0 Å². The molecule has 2 fully saturated rings. The second-order valence-electron chi connectivity index (χ2n) is 6.06. The van der Waals surface area contributed by atoms with Crippen molar-refractivity contribution in [1.29, 1.82) is 0 Å². The molecule has 1 saturated heterocycles. The van der Waals surface area contributed by atoms with Crippen LogP contribution in [-0.4, -0.2) is 43.0 Å². The number of nitrogens with zero attached hydrogens (tertiary/aromatic N) is 2. The van der Waals surface area contributed by atoms with E-state index in [1.54, 1.807) is 12.1 Å². The van der Waals surface area contributed by atoms with Crippen molar-refractivity contribution in [3.8, 4) is 0 Å². The van der Waals surface area contributed by atoms with E-state index in [2.05, 4.69) is 4.90 Å². The summed E-state index contributed by atoms with van der Waals surface area (Å²) in [5.74, 6) is 0.171. The van der Waals surface area contributed by atoms with Crippen molar-refractivity contribution in [1.82, 2.24) is 4.90 Å². The van der Waals surface area contributed by atoms with Crippen molar-refractivity contribution >= 4 is 36.4 Å². The minimum atomic E-state index is -0.217. The molecule has 130 valence electrons. The maximum Gasteiger partial charge on any atom is 0.225 e. The van der Waals surface area contributed by atoms with Crippen LogP contribution in [0.5, 0.6) is 0 Å². The molecule has 0 spiro atoms. The van der Waals surface area contributed by atoms with Crippen LogP contribution in [0.15, 0.2) is 24.3 Å². The van der Waals surface area contributed by atoms with Crippen LogP contribution in [0, 0.1) is 11.7 Å². The van der Waals surface area contributed by atoms with E-state index in [4.69, 9.17) is 5.73 Å². The lowest BCUT2D eigenvalue weighted by Crippen LogP contribution is -2.50. The Bertz CT molecular complexity index is 507. The molecule has 1 aliphatic heterocycles. The minimum absolute atomic E-state index is 0. The number of carbonyl (C=O) groups is 1. The number of anilines is 1. The first-order chi connectivity index (χ1) is 10.1. The quantitative estimate of drug-likeness (QED) is 0.877.